The predicted octanol–water partition coefficient (Wildman–Crippen LogP) is 1.95. The van der Waals surface area contributed by atoms with Crippen LogP contribution in [-0.4, -0.2) is 23.6 Å². The zero-order valence-electron chi connectivity index (χ0n) is 11.8. The molecule has 0 bridgehead atoms. The third-order valence-electron chi connectivity index (χ3n) is 2.89. The summed E-state index contributed by atoms with van der Waals surface area (Å²) in [7, 11) is 1.62. The molecule has 1 aromatic heterocycles. The van der Waals surface area contributed by atoms with Crippen LogP contribution in [0.3, 0.4) is 0 Å². The normalized spacial score (nSPS) is 10.5. The van der Waals surface area contributed by atoms with E-state index in [4.69, 9.17) is 4.74 Å². The molecule has 0 saturated heterocycles. The van der Waals surface area contributed by atoms with Gasteiger partial charge in [-0.2, -0.15) is 0 Å². The maximum Gasteiger partial charge on any atom is 0.251 e. The average Bonchev–Trinajstić information content (AvgIpc) is 2.47. The van der Waals surface area contributed by atoms with E-state index < -0.39 is 0 Å². The summed E-state index contributed by atoms with van der Waals surface area (Å²) in [6.45, 7) is 3.61. The molecular weight excluding hydrogens is 254 g/mol. The number of nitrogens with zero attached hydrogens (tertiary/aromatic N) is 1. The van der Waals surface area contributed by atoms with Gasteiger partial charge in [0.1, 0.15) is 11.6 Å². The van der Waals surface area contributed by atoms with Gasteiger partial charge in [0.25, 0.3) is 5.56 Å². The summed E-state index contributed by atoms with van der Waals surface area (Å²) in [5.41, 5.74) is 1.47. The van der Waals surface area contributed by atoms with Gasteiger partial charge in [0.05, 0.1) is 12.8 Å². The molecule has 2 N–H and O–H groups in total. The van der Waals surface area contributed by atoms with Gasteiger partial charge in [-0.1, -0.05) is 6.92 Å². The number of methoxy groups -OCH3 is 1. The Morgan fingerprint density at radius 2 is 2.05 bits per heavy atom. The molecule has 1 aromatic carbocycles. The van der Waals surface area contributed by atoms with E-state index in [9.17, 15) is 4.79 Å². The predicted molar refractivity (Wildman–Crippen MR) is 78.8 cm³/mol. The van der Waals surface area contributed by atoms with Crippen molar-refractivity contribution in [3.05, 3.63) is 46.4 Å². The van der Waals surface area contributed by atoms with Gasteiger partial charge in [-0.25, -0.2) is 4.98 Å². The third-order valence-corrected chi connectivity index (χ3v) is 2.89. The zero-order valence-corrected chi connectivity index (χ0v) is 11.8. The van der Waals surface area contributed by atoms with E-state index in [-0.39, 0.29) is 5.56 Å². The maximum atomic E-state index is 11.7. The largest absolute Gasteiger partial charge is 0.497 e. The number of hydrogen-bond donors (Lipinski definition) is 2. The van der Waals surface area contributed by atoms with Crippen LogP contribution in [0.15, 0.2) is 35.1 Å². The summed E-state index contributed by atoms with van der Waals surface area (Å²) in [6, 6.07) is 8.96. The Balaban J connectivity index is 2.24. The van der Waals surface area contributed by atoms with E-state index in [2.05, 4.69) is 22.2 Å². The van der Waals surface area contributed by atoms with Crippen LogP contribution in [0.5, 0.6) is 5.75 Å². The second-order valence-corrected chi connectivity index (χ2v) is 4.49. The molecule has 0 amide bonds. The first-order valence-corrected chi connectivity index (χ1v) is 6.68. The number of aromatic amines is 1. The molecule has 1 heterocycles. The van der Waals surface area contributed by atoms with Crippen LogP contribution in [0.4, 0.5) is 0 Å². The molecule has 5 nitrogen and oxygen atoms in total. The van der Waals surface area contributed by atoms with E-state index in [0.29, 0.717) is 12.4 Å². The highest BCUT2D eigenvalue weighted by molar-refractivity contribution is 5.56. The van der Waals surface area contributed by atoms with E-state index in [1.807, 2.05) is 24.3 Å². The summed E-state index contributed by atoms with van der Waals surface area (Å²) in [6.07, 6.45) is 1.05. The minimum Gasteiger partial charge on any atom is -0.497 e. The number of rotatable bonds is 6. The van der Waals surface area contributed by atoms with Crippen molar-refractivity contribution < 1.29 is 4.74 Å². The summed E-state index contributed by atoms with van der Waals surface area (Å²) >= 11 is 0. The zero-order chi connectivity index (χ0) is 14.4. The lowest BCUT2D eigenvalue weighted by Gasteiger charge is -2.06. The minimum atomic E-state index is -0.140. The summed E-state index contributed by atoms with van der Waals surface area (Å²) in [5.74, 6) is 1.35. The van der Waals surface area contributed by atoms with Crippen molar-refractivity contribution in [1.29, 1.82) is 0 Å². The molecule has 0 fully saturated rings. The number of nitrogens with one attached hydrogen (secondary N) is 2. The van der Waals surface area contributed by atoms with Crippen molar-refractivity contribution in [2.45, 2.75) is 19.9 Å². The van der Waals surface area contributed by atoms with Gasteiger partial charge in [0.15, 0.2) is 0 Å². The molecule has 2 rings (SSSR count). The standard InChI is InChI=1S/C15H19N3O2/c1-3-8-16-10-12-9-14(19)18-15(17-12)11-4-6-13(20-2)7-5-11/h4-7,9,16H,3,8,10H2,1-2H3,(H,17,18,19). The third kappa shape index (κ3) is 3.68. The highest BCUT2D eigenvalue weighted by Crippen LogP contribution is 2.18. The summed E-state index contributed by atoms with van der Waals surface area (Å²) in [5, 5.41) is 3.24. The number of benzene rings is 1. The Hall–Kier alpha value is -2.14. The van der Waals surface area contributed by atoms with E-state index in [1.54, 1.807) is 7.11 Å². The maximum absolute atomic E-state index is 11.7. The van der Waals surface area contributed by atoms with Gasteiger partial charge in [-0.3, -0.25) is 4.79 Å². The fourth-order valence-corrected chi connectivity index (χ4v) is 1.88. The van der Waals surface area contributed by atoms with Crippen LogP contribution in [0.2, 0.25) is 0 Å². The Kier molecular flexibility index (Phi) is 4.90. The molecule has 20 heavy (non-hydrogen) atoms. The first-order valence-electron chi connectivity index (χ1n) is 6.68. The van der Waals surface area contributed by atoms with Crippen LogP contribution < -0.4 is 15.6 Å². The summed E-state index contributed by atoms with van der Waals surface area (Å²) in [4.78, 5) is 18.9. The molecule has 0 aliphatic carbocycles. The van der Waals surface area contributed by atoms with Gasteiger partial charge in [-0.15, -0.1) is 0 Å². The van der Waals surface area contributed by atoms with Gasteiger partial charge >= 0.3 is 0 Å². The van der Waals surface area contributed by atoms with Crippen LogP contribution >= 0.6 is 0 Å². The lowest BCUT2D eigenvalue weighted by Crippen LogP contribution is -2.18. The molecule has 0 aliphatic heterocycles. The van der Waals surface area contributed by atoms with Crippen molar-refractivity contribution in [3.8, 4) is 17.1 Å². The molecule has 0 saturated carbocycles. The van der Waals surface area contributed by atoms with Gasteiger partial charge < -0.3 is 15.0 Å². The summed E-state index contributed by atoms with van der Waals surface area (Å²) < 4.78 is 5.12. The van der Waals surface area contributed by atoms with Crippen LogP contribution in [0.1, 0.15) is 19.0 Å². The first kappa shape index (κ1) is 14.3. The van der Waals surface area contributed by atoms with E-state index >= 15 is 0 Å². The Bertz CT molecular complexity index is 605. The fraction of sp³-hybridized carbons (Fsp3) is 0.333. The minimum absolute atomic E-state index is 0.140. The van der Waals surface area contributed by atoms with Crippen molar-refractivity contribution in [2.24, 2.45) is 0 Å². The van der Waals surface area contributed by atoms with E-state index in [0.717, 1.165) is 30.0 Å². The van der Waals surface area contributed by atoms with Crippen molar-refractivity contribution >= 4 is 0 Å². The molecule has 0 radical (unpaired) electrons. The average molecular weight is 273 g/mol. The highest BCUT2D eigenvalue weighted by Gasteiger charge is 2.04. The second-order valence-electron chi connectivity index (χ2n) is 4.49. The molecule has 5 heteroatoms. The quantitative estimate of drug-likeness (QED) is 0.789. The fourth-order valence-electron chi connectivity index (χ4n) is 1.88. The lowest BCUT2D eigenvalue weighted by atomic mass is 10.2. The second kappa shape index (κ2) is 6.86. The number of hydrogen-bond acceptors (Lipinski definition) is 4. The number of H-pyrrole nitrogens is 1. The van der Waals surface area contributed by atoms with E-state index in [1.165, 1.54) is 6.07 Å². The molecular formula is C15H19N3O2. The first-order chi connectivity index (χ1) is 9.72. The molecule has 0 spiro atoms. The molecule has 2 aromatic rings. The molecule has 0 aliphatic rings. The molecule has 0 atom stereocenters. The Morgan fingerprint density at radius 1 is 1.30 bits per heavy atom. The molecule has 0 unspecified atom stereocenters. The van der Waals surface area contributed by atoms with Gasteiger partial charge in [-0.05, 0) is 37.2 Å². The van der Waals surface area contributed by atoms with Crippen LogP contribution in [-0.2, 0) is 6.54 Å². The molecule has 106 valence electrons. The topological polar surface area (TPSA) is 67.0 Å². The Labute approximate surface area is 118 Å². The van der Waals surface area contributed by atoms with Crippen molar-refractivity contribution in [3.63, 3.8) is 0 Å². The van der Waals surface area contributed by atoms with Crippen LogP contribution in [0.25, 0.3) is 11.4 Å². The number of ether oxygens (including phenoxy) is 1. The lowest BCUT2D eigenvalue weighted by molar-refractivity contribution is 0.415. The number of aromatic nitrogens is 2. The smallest absolute Gasteiger partial charge is 0.251 e. The van der Waals surface area contributed by atoms with Gasteiger partial charge in [0, 0.05) is 18.2 Å². The van der Waals surface area contributed by atoms with Crippen molar-refractivity contribution in [2.75, 3.05) is 13.7 Å². The monoisotopic (exact) mass is 273 g/mol. The van der Waals surface area contributed by atoms with Gasteiger partial charge in [0.2, 0.25) is 0 Å². The Morgan fingerprint density at radius 3 is 2.70 bits per heavy atom. The van der Waals surface area contributed by atoms with Crippen molar-refractivity contribution in [1.82, 2.24) is 15.3 Å². The van der Waals surface area contributed by atoms with Crippen LogP contribution in [0, 0.1) is 0 Å². The highest BCUT2D eigenvalue weighted by atomic mass is 16.5. The SMILES string of the molecule is CCCNCc1cc(=O)[nH]c(-c2ccc(OC)cc2)n1.